The van der Waals surface area contributed by atoms with E-state index in [1.54, 1.807) is 0 Å². The van der Waals surface area contributed by atoms with Crippen molar-refractivity contribution in [2.45, 2.75) is 6.54 Å². The van der Waals surface area contributed by atoms with Crippen LogP contribution in [-0.4, -0.2) is 29.1 Å². The topological polar surface area (TPSA) is 59.0 Å². The summed E-state index contributed by atoms with van der Waals surface area (Å²) in [5, 5.41) is 2.22. The Hall–Kier alpha value is -2.16. The summed E-state index contributed by atoms with van der Waals surface area (Å²) in [5.41, 5.74) is 0.405. The first-order valence-corrected chi connectivity index (χ1v) is 9.41. The molecule has 0 unspecified atom stereocenters. The average molecular weight is 411 g/mol. The molecule has 0 saturated carbocycles. The molecule has 1 aliphatic rings. The van der Waals surface area contributed by atoms with E-state index >= 15 is 0 Å². The fraction of sp³-hybridized carbons (Fsp3) is 0.118. The molecule has 134 valence electrons. The quantitative estimate of drug-likeness (QED) is 0.555. The van der Waals surface area contributed by atoms with E-state index in [4.69, 9.17) is 11.6 Å². The van der Waals surface area contributed by atoms with Crippen molar-refractivity contribution in [2.75, 3.05) is 7.11 Å². The Balaban J connectivity index is 1.97. The summed E-state index contributed by atoms with van der Waals surface area (Å²) in [5.74, 6) is -1.52. The molecular weight excluding hydrogens is 399 g/mol. The first-order valence-electron chi connectivity index (χ1n) is 7.33. The molecule has 26 heavy (non-hydrogen) atoms. The molecule has 0 bridgehead atoms. The Morgan fingerprint density at radius 1 is 1.42 bits per heavy atom. The maximum atomic E-state index is 13.3. The van der Waals surface area contributed by atoms with Gasteiger partial charge in [-0.3, -0.25) is 9.69 Å². The number of ether oxygens (including phenoxy) is 1. The van der Waals surface area contributed by atoms with Crippen molar-refractivity contribution in [1.29, 1.82) is 0 Å². The monoisotopic (exact) mass is 410 g/mol. The molecule has 2 aromatic rings. The van der Waals surface area contributed by atoms with Crippen LogP contribution in [0.2, 0.25) is 5.02 Å². The van der Waals surface area contributed by atoms with Gasteiger partial charge < -0.3 is 4.74 Å². The van der Waals surface area contributed by atoms with Crippen molar-refractivity contribution in [3.05, 3.63) is 62.4 Å². The van der Waals surface area contributed by atoms with Gasteiger partial charge in [-0.05, 0) is 41.4 Å². The first kappa shape index (κ1) is 18.6. The molecular formula is C17H12ClFN2O3S2. The number of rotatable bonds is 4. The van der Waals surface area contributed by atoms with Crippen LogP contribution in [0.5, 0.6) is 0 Å². The zero-order chi connectivity index (χ0) is 18.7. The Bertz CT molecular complexity index is 913. The van der Waals surface area contributed by atoms with E-state index < -0.39 is 11.8 Å². The van der Waals surface area contributed by atoms with E-state index in [-0.39, 0.29) is 15.8 Å². The van der Waals surface area contributed by atoms with Crippen molar-refractivity contribution in [3.8, 4) is 0 Å². The van der Waals surface area contributed by atoms with Crippen molar-refractivity contribution in [3.63, 3.8) is 0 Å². The number of amides is 1. The number of methoxy groups -OCH3 is 1. The number of carbonyl (C=O) groups excluding carboxylic acids is 2. The number of hydrogen-bond acceptors (Lipinski definition) is 6. The number of amidine groups is 1. The van der Waals surface area contributed by atoms with Gasteiger partial charge in [-0.1, -0.05) is 17.7 Å². The first-order chi connectivity index (χ1) is 12.5. The largest absolute Gasteiger partial charge is 0.466 e. The van der Waals surface area contributed by atoms with Gasteiger partial charge in [-0.15, -0.1) is 11.3 Å². The number of carbonyl (C=O) groups is 2. The minimum atomic E-state index is -0.622. The summed E-state index contributed by atoms with van der Waals surface area (Å²) in [7, 11) is 1.24. The highest BCUT2D eigenvalue weighted by atomic mass is 35.5. The lowest BCUT2D eigenvalue weighted by atomic mass is 10.3. The van der Waals surface area contributed by atoms with E-state index in [0.29, 0.717) is 17.4 Å². The number of aliphatic imine (C=N–C) groups is 1. The number of esters is 1. The van der Waals surface area contributed by atoms with E-state index in [2.05, 4.69) is 9.73 Å². The van der Waals surface area contributed by atoms with Crippen LogP contribution in [0.1, 0.15) is 4.88 Å². The number of benzene rings is 1. The summed E-state index contributed by atoms with van der Waals surface area (Å²) in [4.78, 5) is 31.2. The van der Waals surface area contributed by atoms with Crippen LogP contribution < -0.4 is 0 Å². The Morgan fingerprint density at radius 2 is 2.23 bits per heavy atom. The van der Waals surface area contributed by atoms with E-state index in [1.165, 1.54) is 41.5 Å². The minimum Gasteiger partial charge on any atom is -0.466 e. The number of thioether (sulfide) groups is 1. The third-order valence-corrected chi connectivity index (χ3v) is 5.52. The number of nitrogens with zero attached hydrogens (tertiary/aromatic N) is 2. The number of hydrogen-bond donors (Lipinski definition) is 0. The molecule has 0 spiro atoms. The normalized spacial score (nSPS) is 17.3. The second kappa shape index (κ2) is 8.03. The van der Waals surface area contributed by atoms with Crippen molar-refractivity contribution in [2.24, 2.45) is 4.99 Å². The van der Waals surface area contributed by atoms with Gasteiger partial charge in [-0.25, -0.2) is 14.2 Å². The van der Waals surface area contributed by atoms with Crippen LogP contribution in [-0.2, 0) is 20.9 Å². The smallest absolute Gasteiger partial charge is 0.331 e. The number of halogens is 2. The van der Waals surface area contributed by atoms with Crippen LogP contribution >= 0.6 is 34.7 Å². The van der Waals surface area contributed by atoms with Crippen molar-refractivity contribution >= 4 is 57.4 Å². The standard InChI is InChI=1S/C17H12ClFN2O3S2/c1-24-15(22)8-14-16(23)21(9-11-3-2-6-25-11)17(26-14)20-10-4-5-13(19)12(18)7-10/h2-8H,9H2,1H3/b14-8+,20-17?. The van der Waals surface area contributed by atoms with Crippen LogP contribution in [0.3, 0.4) is 0 Å². The van der Waals surface area contributed by atoms with Gasteiger partial charge in [0.2, 0.25) is 0 Å². The third kappa shape index (κ3) is 4.14. The van der Waals surface area contributed by atoms with Gasteiger partial charge in [0.25, 0.3) is 5.91 Å². The fourth-order valence-electron chi connectivity index (χ4n) is 2.12. The van der Waals surface area contributed by atoms with Gasteiger partial charge in [-0.2, -0.15) is 0 Å². The average Bonchev–Trinajstić information content (AvgIpc) is 3.22. The second-order valence-electron chi connectivity index (χ2n) is 5.10. The van der Waals surface area contributed by atoms with Crippen LogP contribution in [0.25, 0.3) is 0 Å². The maximum Gasteiger partial charge on any atom is 0.331 e. The predicted molar refractivity (Wildman–Crippen MR) is 101 cm³/mol. The maximum absolute atomic E-state index is 13.3. The molecule has 0 aliphatic carbocycles. The van der Waals surface area contributed by atoms with Gasteiger partial charge in [0, 0.05) is 11.0 Å². The number of thiophene rings is 1. The molecule has 1 aromatic heterocycles. The summed E-state index contributed by atoms with van der Waals surface area (Å²) in [6.07, 6.45) is 1.13. The summed E-state index contributed by atoms with van der Waals surface area (Å²) < 4.78 is 17.9. The van der Waals surface area contributed by atoms with E-state index in [9.17, 15) is 14.0 Å². The van der Waals surface area contributed by atoms with Crippen molar-refractivity contribution < 1.29 is 18.7 Å². The molecule has 1 saturated heterocycles. The molecule has 0 N–H and O–H groups in total. The second-order valence-corrected chi connectivity index (χ2v) is 7.55. The Kier molecular flexibility index (Phi) is 5.75. The Morgan fingerprint density at radius 3 is 2.88 bits per heavy atom. The molecule has 1 amide bonds. The molecule has 3 rings (SSSR count). The molecule has 5 nitrogen and oxygen atoms in total. The lowest BCUT2D eigenvalue weighted by Crippen LogP contribution is -2.28. The summed E-state index contributed by atoms with van der Waals surface area (Å²) in [6, 6.07) is 7.83. The minimum absolute atomic E-state index is 0.0590. The highest BCUT2D eigenvalue weighted by Crippen LogP contribution is 2.35. The van der Waals surface area contributed by atoms with Gasteiger partial charge >= 0.3 is 5.97 Å². The SMILES string of the molecule is COC(=O)/C=C1/SC(=Nc2ccc(F)c(Cl)c2)N(Cc2cccs2)C1=O. The van der Waals surface area contributed by atoms with Crippen molar-refractivity contribution in [1.82, 2.24) is 4.90 Å². The lowest BCUT2D eigenvalue weighted by Gasteiger charge is -2.14. The molecule has 1 aromatic carbocycles. The zero-order valence-electron chi connectivity index (χ0n) is 13.4. The highest BCUT2D eigenvalue weighted by Gasteiger charge is 2.34. The van der Waals surface area contributed by atoms with Gasteiger partial charge in [0.05, 0.1) is 29.3 Å². The van der Waals surface area contributed by atoms with Gasteiger partial charge in [0.1, 0.15) is 5.82 Å². The van der Waals surface area contributed by atoms with E-state index in [0.717, 1.165) is 22.7 Å². The zero-order valence-corrected chi connectivity index (χ0v) is 15.8. The molecule has 1 fully saturated rings. The van der Waals surface area contributed by atoms with E-state index in [1.807, 2.05) is 17.5 Å². The van der Waals surface area contributed by atoms with Gasteiger partial charge in [0.15, 0.2) is 5.17 Å². The van der Waals surface area contributed by atoms with Crippen LogP contribution in [0.15, 0.2) is 51.7 Å². The lowest BCUT2D eigenvalue weighted by molar-refractivity contribution is -0.135. The fourth-order valence-corrected chi connectivity index (χ4v) is 3.95. The molecule has 2 heterocycles. The summed E-state index contributed by atoms with van der Waals surface area (Å²) >= 11 is 8.35. The molecule has 1 aliphatic heterocycles. The highest BCUT2D eigenvalue weighted by molar-refractivity contribution is 8.18. The molecule has 0 radical (unpaired) electrons. The van der Waals surface area contributed by atoms with Crippen LogP contribution in [0.4, 0.5) is 10.1 Å². The Labute approximate surface area is 162 Å². The summed E-state index contributed by atoms with van der Waals surface area (Å²) in [6.45, 7) is 0.315. The third-order valence-electron chi connectivity index (χ3n) is 3.36. The molecule has 0 atom stereocenters. The van der Waals surface area contributed by atoms with Crippen LogP contribution in [0, 0.1) is 5.82 Å². The molecule has 9 heteroatoms. The predicted octanol–water partition coefficient (Wildman–Crippen LogP) is 4.36.